The van der Waals surface area contributed by atoms with E-state index in [4.69, 9.17) is 0 Å². The Morgan fingerprint density at radius 3 is 2.39 bits per heavy atom. The standard InChI is InChI=1S/C21H31N3O3S/c1-15-11-16(12-17-18(15)23(4)19(25)20(17,2)3)28(26,27)22-13-21(7-8-21)14-24-9-5-6-10-24/h11-12,22H,5-10,13-14H2,1-4H3. The molecule has 1 amide bonds. The largest absolute Gasteiger partial charge is 0.314 e. The number of aryl methyl sites for hydroxylation is 1. The van der Waals surface area contributed by atoms with Gasteiger partial charge in [0.05, 0.1) is 16.0 Å². The average Bonchev–Trinajstić information content (AvgIpc) is 3.15. The van der Waals surface area contributed by atoms with Crippen LogP contribution in [0.3, 0.4) is 0 Å². The number of amides is 1. The lowest BCUT2D eigenvalue weighted by molar-refractivity contribution is -0.121. The van der Waals surface area contributed by atoms with Gasteiger partial charge in [-0.1, -0.05) is 0 Å². The summed E-state index contributed by atoms with van der Waals surface area (Å²) in [6.45, 7) is 9.34. The summed E-state index contributed by atoms with van der Waals surface area (Å²) in [6, 6.07) is 3.37. The molecule has 1 saturated heterocycles. The number of hydrogen-bond acceptors (Lipinski definition) is 4. The smallest absolute Gasteiger partial charge is 0.240 e. The predicted octanol–water partition coefficient (Wildman–Crippen LogP) is 2.40. The molecule has 0 atom stereocenters. The van der Waals surface area contributed by atoms with Gasteiger partial charge in [-0.15, -0.1) is 0 Å². The van der Waals surface area contributed by atoms with E-state index in [0.29, 0.717) is 6.54 Å². The Bertz CT molecular complexity index is 913. The minimum absolute atomic E-state index is 0.00402. The van der Waals surface area contributed by atoms with Crippen molar-refractivity contribution in [2.75, 3.05) is 38.1 Å². The third-order valence-electron chi connectivity index (χ3n) is 6.78. The first-order valence-electron chi connectivity index (χ1n) is 10.2. The van der Waals surface area contributed by atoms with E-state index >= 15 is 0 Å². The number of likely N-dealkylation sites (tertiary alicyclic amines) is 1. The lowest BCUT2D eigenvalue weighted by Crippen LogP contribution is -2.37. The molecule has 1 aromatic carbocycles. The van der Waals surface area contributed by atoms with Crippen molar-refractivity contribution in [3.05, 3.63) is 23.3 Å². The van der Waals surface area contributed by atoms with Crippen LogP contribution in [0, 0.1) is 12.3 Å². The third-order valence-corrected chi connectivity index (χ3v) is 8.17. The van der Waals surface area contributed by atoms with Crippen LogP contribution in [0.4, 0.5) is 5.69 Å². The lowest BCUT2D eigenvalue weighted by atomic mass is 9.85. The van der Waals surface area contributed by atoms with Gasteiger partial charge < -0.3 is 9.80 Å². The Balaban J connectivity index is 1.55. The molecular weight excluding hydrogens is 374 g/mol. The van der Waals surface area contributed by atoms with Crippen molar-refractivity contribution < 1.29 is 13.2 Å². The Kier molecular flexibility index (Phi) is 4.64. The average molecular weight is 406 g/mol. The number of fused-ring (bicyclic) bond motifs is 1. The van der Waals surface area contributed by atoms with Crippen molar-refractivity contribution in [2.45, 2.75) is 56.8 Å². The van der Waals surface area contributed by atoms with Crippen molar-refractivity contribution in [1.82, 2.24) is 9.62 Å². The van der Waals surface area contributed by atoms with E-state index in [1.54, 1.807) is 24.1 Å². The molecule has 154 valence electrons. The Morgan fingerprint density at radius 2 is 1.79 bits per heavy atom. The number of likely N-dealkylation sites (N-methyl/N-ethyl adjacent to an activating group) is 1. The summed E-state index contributed by atoms with van der Waals surface area (Å²) in [4.78, 5) is 17.0. The molecule has 2 heterocycles. The number of nitrogens with one attached hydrogen (secondary N) is 1. The first-order chi connectivity index (χ1) is 13.1. The summed E-state index contributed by atoms with van der Waals surface area (Å²) < 4.78 is 29.0. The second-order valence-electron chi connectivity index (χ2n) is 9.43. The van der Waals surface area contributed by atoms with Gasteiger partial charge in [-0.3, -0.25) is 4.79 Å². The summed E-state index contributed by atoms with van der Waals surface area (Å²) >= 11 is 0. The van der Waals surface area contributed by atoms with Crippen LogP contribution in [0.1, 0.15) is 50.7 Å². The topological polar surface area (TPSA) is 69.7 Å². The second kappa shape index (κ2) is 6.54. The number of anilines is 1. The molecule has 0 aromatic heterocycles. The van der Waals surface area contributed by atoms with E-state index in [9.17, 15) is 13.2 Å². The molecule has 1 saturated carbocycles. The maximum atomic E-state index is 13.0. The van der Waals surface area contributed by atoms with E-state index < -0.39 is 15.4 Å². The first kappa shape index (κ1) is 19.9. The minimum atomic E-state index is -3.61. The molecule has 0 bridgehead atoms. The molecule has 4 rings (SSSR count). The van der Waals surface area contributed by atoms with Crippen LogP contribution in [0.25, 0.3) is 0 Å². The van der Waals surface area contributed by atoms with Crippen LogP contribution in [-0.4, -0.2) is 52.5 Å². The summed E-state index contributed by atoms with van der Waals surface area (Å²) in [5.74, 6) is -0.00402. The molecule has 2 aliphatic heterocycles. The summed E-state index contributed by atoms with van der Waals surface area (Å²) in [7, 11) is -1.86. The van der Waals surface area contributed by atoms with Crippen LogP contribution in [0.2, 0.25) is 0 Å². The van der Waals surface area contributed by atoms with Gasteiger partial charge in [0.25, 0.3) is 0 Å². The van der Waals surface area contributed by atoms with Gasteiger partial charge in [-0.2, -0.15) is 0 Å². The van der Waals surface area contributed by atoms with Gasteiger partial charge in [0, 0.05) is 20.1 Å². The Morgan fingerprint density at radius 1 is 1.14 bits per heavy atom. The quantitative estimate of drug-likeness (QED) is 0.789. The fraction of sp³-hybridized carbons (Fsp3) is 0.667. The molecule has 1 aliphatic carbocycles. The number of sulfonamides is 1. The zero-order chi connectivity index (χ0) is 20.3. The van der Waals surface area contributed by atoms with Crippen LogP contribution >= 0.6 is 0 Å². The fourth-order valence-electron chi connectivity index (χ4n) is 4.77. The number of benzene rings is 1. The highest BCUT2D eigenvalue weighted by molar-refractivity contribution is 7.89. The van der Waals surface area contributed by atoms with Crippen LogP contribution in [0.15, 0.2) is 17.0 Å². The molecule has 0 unspecified atom stereocenters. The molecule has 0 radical (unpaired) electrons. The maximum Gasteiger partial charge on any atom is 0.240 e. The SMILES string of the molecule is Cc1cc(S(=O)(=O)NCC2(CN3CCCC3)CC2)cc2c1N(C)C(=O)C2(C)C. The first-order valence-corrected chi connectivity index (χ1v) is 11.7. The summed E-state index contributed by atoms with van der Waals surface area (Å²) in [5, 5.41) is 0. The fourth-order valence-corrected chi connectivity index (χ4v) is 6.04. The highest BCUT2D eigenvalue weighted by Crippen LogP contribution is 2.47. The normalized spacial score (nSPS) is 23.3. The van der Waals surface area contributed by atoms with Gasteiger partial charge >= 0.3 is 0 Å². The van der Waals surface area contributed by atoms with Crippen LogP contribution in [-0.2, 0) is 20.2 Å². The van der Waals surface area contributed by atoms with E-state index in [2.05, 4.69) is 9.62 Å². The van der Waals surface area contributed by atoms with E-state index in [1.165, 1.54) is 12.8 Å². The number of hydrogen-bond donors (Lipinski definition) is 1. The van der Waals surface area contributed by atoms with Crippen molar-refractivity contribution in [2.24, 2.45) is 5.41 Å². The van der Waals surface area contributed by atoms with Gasteiger partial charge in [0.2, 0.25) is 15.9 Å². The zero-order valence-corrected chi connectivity index (χ0v) is 18.2. The molecule has 1 aromatic rings. The summed E-state index contributed by atoms with van der Waals surface area (Å²) in [6.07, 6.45) is 4.67. The molecule has 1 N–H and O–H groups in total. The molecular formula is C21H31N3O3S. The van der Waals surface area contributed by atoms with E-state index in [-0.39, 0.29) is 16.2 Å². The van der Waals surface area contributed by atoms with Gasteiger partial charge in [0.15, 0.2) is 0 Å². The van der Waals surface area contributed by atoms with Crippen LogP contribution < -0.4 is 9.62 Å². The highest BCUT2D eigenvalue weighted by atomic mass is 32.2. The molecule has 3 aliphatic rings. The van der Waals surface area contributed by atoms with E-state index in [1.807, 2.05) is 20.8 Å². The van der Waals surface area contributed by atoms with Crippen molar-refractivity contribution >= 4 is 21.6 Å². The maximum absolute atomic E-state index is 13.0. The van der Waals surface area contributed by atoms with Crippen molar-refractivity contribution in [3.63, 3.8) is 0 Å². The van der Waals surface area contributed by atoms with E-state index in [0.717, 1.165) is 49.3 Å². The second-order valence-corrected chi connectivity index (χ2v) is 11.2. The number of rotatable bonds is 6. The molecule has 0 spiro atoms. The minimum Gasteiger partial charge on any atom is -0.314 e. The van der Waals surface area contributed by atoms with Gasteiger partial charge in [-0.05, 0) is 88.2 Å². The van der Waals surface area contributed by atoms with Gasteiger partial charge in [-0.25, -0.2) is 13.1 Å². The van der Waals surface area contributed by atoms with Crippen molar-refractivity contribution in [1.29, 1.82) is 0 Å². The number of carbonyl (C=O) groups excluding carboxylic acids is 1. The molecule has 28 heavy (non-hydrogen) atoms. The van der Waals surface area contributed by atoms with Crippen molar-refractivity contribution in [3.8, 4) is 0 Å². The highest BCUT2D eigenvalue weighted by Gasteiger charge is 2.46. The number of nitrogens with zero attached hydrogens (tertiary/aromatic N) is 2. The Hall–Kier alpha value is -1.44. The number of carbonyl (C=O) groups is 1. The molecule has 7 heteroatoms. The summed E-state index contributed by atoms with van der Waals surface area (Å²) in [5.41, 5.74) is 1.82. The Labute approximate surface area is 168 Å². The molecule has 6 nitrogen and oxygen atoms in total. The predicted molar refractivity (Wildman–Crippen MR) is 110 cm³/mol. The third kappa shape index (κ3) is 3.27. The molecule has 2 fully saturated rings. The zero-order valence-electron chi connectivity index (χ0n) is 17.3. The lowest BCUT2D eigenvalue weighted by Gasteiger charge is -2.23. The monoisotopic (exact) mass is 405 g/mol. The van der Waals surface area contributed by atoms with Gasteiger partial charge in [0.1, 0.15) is 0 Å². The van der Waals surface area contributed by atoms with Crippen LogP contribution in [0.5, 0.6) is 0 Å².